The quantitative estimate of drug-likeness (QED) is 0.888. The molecule has 0 bridgehead atoms. The lowest BCUT2D eigenvalue weighted by atomic mass is 10.0. The summed E-state index contributed by atoms with van der Waals surface area (Å²) in [5.41, 5.74) is 1.18. The molecule has 1 heterocycles. The molecule has 0 saturated heterocycles. The summed E-state index contributed by atoms with van der Waals surface area (Å²) in [5.74, 6) is -1.52. The number of hydrogen-bond donors (Lipinski definition) is 1. The van der Waals surface area contributed by atoms with E-state index >= 15 is 0 Å². The minimum absolute atomic E-state index is 0.0825. The maximum Gasteiger partial charge on any atom is 0.337 e. The number of amides is 1. The zero-order chi connectivity index (χ0) is 13.3. The van der Waals surface area contributed by atoms with Gasteiger partial charge in [-0.05, 0) is 25.5 Å². The van der Waals surface area contributed by atoms with Gasteiger partial charge in [0.2, 0.25) is 0 Å². The van der Waals surface area contributed by atoms with Gasteiger partial charge in [0, 0.05) is 0 Å². The van der Waals surface area contributed by atoms with E-state index in [4.69, 9.17) is 5.11 Å². The molecule has 5 nitrogen and oxygen atoms in total. The number of carboxylic acids is 1. The van der Waals surface area contributed by atoms with Gasteiger partial charge in [-0.25, -0.2) is 4.79 Å². The Morgan fingerprint density at radius 1 is 1.44 bits per heavy atom. The number of nitrogens with zero attached hydrogens (tertiary/aromatic N) is 2. The van der Waals surface area contributed by atoms with Gasteiger partial charge in [-0.2, -0.15) is 10.1 Å². The molecule has 0 aliphatic carbocycles. The molecule has 1 aliphatic heterocycles. The molecule has 0 radical (unpaired) electrons. The Bertz CT molecular complexity index is 537. The van der Waals surface area contributed by atoms with Gasteiger partial charge in [0.1, 0.15) is 0 Å². The van der Waals surface area contributed by atoms with Gasteiger partial charge in [-0.1, -0.05) is 19.1 Å². The van der Waals surface area contributed by atoms with Gasteiger partial charge in [0.25, 0.3) is 5.91 Å². The van der Waals surface area contributed by atoms with E-state index in [2.05, 4.69) is 5.10 Å². The number of anilines is 1. The van der Waals surface area contributed by atoms with Gasteiger partial charge in [0.15, 0.2) is 0 Å². The molecule has 1 aromatic carbocycles. The standard InChI is InChI=1S/C13H14N2O3/c1-3-10-8(2)12(16)15(14-10)11-7-5-4-6-9(11)13(17)18/h4-8H,3H2,1-2H3,(H,17,18). The first-order valence-electron chi connectivity index (χ1n) is 5.80. The highest BCUT2D eigenvalue weighted by molar-refractivity contribution is 6.16. The van der Waals surface area contributed by atoms with Gasteiger partial charge < -0.3 is 5.11 Å². The Morgan fingerprint density at radius 2 is 2.11 bits per heavy atom. The number of hydrogen-bond acceptors (Lipinski definition) is 3. The van der Waals surface area contributed by atoms with Crippen LogP contribution in [0.25, 0.3) is 0 Å². The summed E-state index contributed by atoms with van der Waals surface area (Å²) < 4.78 is 0. The number of carbonyl (C=O) groups excluding carboxylic acids is 1. The van der Waals surface area contributed by atoms with Crippen molar-refractivity contribution in [3.8, 4) is 0 Å². The summed E-state index contributed by atoms with van der Waals surface area (Å²) in [6.07, 6.45) is 0.679. The highest BCUT2D eigenvalue weighted by Gasteiger charge is 2.33. The van der Waals surface area contributed by atoms with Crippen LogP contribution in [0.4, 0.5) is 5.69 Å². The first-order valence-corrected chi connectivity index (χ1v) is 5.80. The van der Waals surface area contributed by atoms with E-state index in [9.17, 15) is 9.59 Å². The van der Waals surface area contributed by atoms with E-state index in [-0.39, 0.29) is 17.4 Å². The first-order chi connectivity index (χ1) is 8.56. The third-order valence-electron chi connectivity index (χ3n) is 3.03. The van der Waals surface area contributed by atoms with Crippen molar-refractivity contribution in [2.45, 2.75) is 20.3 Å². The van der Waals surface area contributed by atoms with Gasteiger partial charge in [0.05, 0.1) is 22.9 Å². The maximum atomic E-state index is 12.1. The molecular weight excluding hydrogens is 232 g/mol. The fourth-order valence-electron chi connectivity index (χ4n) is 1.98. The second kappa shape index (κ2) is 4.60. The monoisotopic (exact) mass is 246 g/mol. The zero-order valence-electron chi connectivity index (χ0n) is 10.3. The summed E-state index contributed by atoms with van der Waals surface area (Å²) in [6, 6.07) is 6.38. The van der Waals surface area contributed by atoms with Crippen LogP contribution in [0, 0.1) is 5.92 Å². The SMILES string of the molecule is CCC1=NN(c2ccccc2C(=O)O)C(=O)C1C. The second-order valence-corrected chi connectivity index (χ2v) is 4.14. The van der Waals surface area contributed by atoms with E-state index < -0.39 is 5.97 Å². The van der Waals surface area contributed by atoms with E-state index in [1.807, 2.05) is 6.92 Å². The molecule has 0 fully saturated rings. The van der Waals surface area contributed by atoms with Crippen LogP contribution in [0.15, 0.2) is 29.4 Å². The number of hydrazone groups is 1. The third kappa shape index (κ3) is 1.88. The van der Waals surface area contributed by atoms with Crippen molar-refractivity contribution in [1.82, 2.24) is 0 Å². The van der Waals surface area contributed by atoms with Crippen molar-refractivity contribution >= 4 is 23.3 Å². The predicted octanol–water partition coefficient (Wildman–Crippen LogP) is 2.13. The molecule has 1 atom stereocenters. The fraction of sp³-hybridized carbons (Fsp3) is 0.308. The van der Waals surface area contributed by atoms with Crippen LogP contribution in [0.5, 0.6) is 0 Å². The minimum atomic E-state index is -1.06. The number of aromatic carboxylic acids is 1. The maximum absolute atomic E-state index is 12.1. The zero-order valence-corrected chi connectivity index (χ0v) is 10.3. The van der Waals surface area contributed by atoms with Crippen molar-refractivity contribution in [3.63, 3.8) is 0 Å². The van der Waals surface area contributed by atoms with Gasteiger partial charge in [-0.3, -0.25) is 4.79 Å². The van der Waals surface area contributed by atoms with E-state index in [0.717, 1.165) is 5.71 Å². The Hall–Kier alpha value is -2.17. The summed E-state index contributed by atoms with van der Waals surface area (Å²) in [6.45, 7) is 3.71. The Balaban J connectivity index is 2.48. The Labute approximate surface area is 105 Å². The lowest BCUT2D eigenvalue weighted by Crippen LogP contribution is -2.26. The first kappa shape index (κ1) is 12.3. The molecule has 0 saturated carbocycles. The number of carboxylic acid groups (broad SMARTS) is 1. The number of para-hydroxylation sites is 1. The molecule has 0 aromatic heterocycles. The van der Waals surface area contributed by atoms with E-state index in [1.165, 1.54) is 11.1 Å². The minimum Gasteiger partial charge on any atom is -0.478 e. The molecule has 94 valence electrons. The average molecular weight is 246 g/mol. The topological polar surface area (TPSA) is 70.0 Å². The summed E-state index contributed by atoms with van der Waals surface area (Å²) in [7, 11) is 0. The normalized spacial score (nSPS) is 19.0. The largest absolute Gasteiger partial charge is 0.478 e. The van der Waals surface area contributed by atoms with Crippen LogP contribution < -0.4 is 5.01 Å². The predicted molar refractivity (Wildman–Crippen MR) is 67.8 cm³/mol. The Morgan fingerprint density at radius 3 is 2.67 bits per heavy atom. The smallest absolute Gasteiger partial charge is 0.337 e. The van der Waals surface area contributed by atoms with Crippen molar-refractivity contribution in [2.24, 2.45) is 11.0 Å². The van der Waals surface area contributed by atoms with Crippen LogP contribution in [0.1, 0.15) is 30.6 Å². The molecule has 1 aliphatic rings. The van der Waals surface area contributed by atoms with Crippen molar-refractivity contribution < 1.29 is 14.7 Å². The molecule has 2 rings (SSSR count). The lowest BCUT2D eigenvalue weighted by molar-refractivity contribution is -0.119. The van der Waals surface area contributed by atoms with Crippen molar-refractivity contribution in [3.05, 3.63) is 29.8 Å². The summed E-state index contributed by atoms with van der Waals surface area (Å²) in [4.78, 5) is 23.2. The fourth-order valence-corrected chi connectivity index (χ4v) is 1.98. The number of rotatable bonds is 3. The molecule has 1 aromatic rings. The van der Waals surface area contributed by atoms with Crippen molar-refractivity contribution in [1.29, 1.82) is 0 Å². The van der Waals surface area contributed by atoms with E-state index in [0.29, 0.717) is 12.1 Å². The Kier molecular flexibility index (Phi) is 3.14. The highest BCUT2D eigenvalue weighted by atomic mass is 16.4. The molecule has 5 heteroatoms. The molecule has 18 heavy (non-hydrogen) atoms. The molecule has 1 amide bonds. The highest BCUT2D eigenvalue weighted by Crippen LogP contribution is 2.27. The summed E-state index contributed by atoms with van der Waals surface area (Å²) in [5, 5.41) is 14.5. The van der Waals surface area contributed by atoms with Crippen molar-refractivity contribution in [2.75, 3.05) is 5.01 Å². The molecule has 1 unspecified atom stereocenters. The number of carbonyl (C=O) groups is 2. The van der Waals surface area contributed by atoms with Gasteiger partial charge in [-0.15, -0.1) is 0 Å². The van der Waals surface area contributed by atoms with Crippen LogP contribution in [0.3, 0.4) is 0 Å². The third-order valence-corrected chi connectivity index (χ3v) is 3.03. The molecular formula is C13H14N2O3. The molecule has 1 N–H and O–H groups in total. The second-order valence-electron chi connectivity index (χ2n) is 4.14. The van der Waals surface area contributed by atoms with Crippen LogP contribution in [0.2, 0.25) is 0 Å². The molecule has 0 spiro atoms. The van der Waals surface area contributed by atoms with Crippen LogP contribution in [-0.2, 0) is 4.79 Å². The van der Waals surface area contributed by atoms with Crippen LogP contribution >= 0.6 is 0 Å². The van der Waals surface area contributed by atoms with E-state index in [1.54, 1.807) is 25.1 Å². The van der Waals surface area contributed by atoms with Crippen LogP contribution in [-0.4, -0.2) is 22.7 Å². The number of benzene rings is 1. The average Bonchev–Trinajstić information content (AvgIpc) is 2.66. The summed E-state index contributed by atoms with van der Waals surface area (Å²) >= 11 is 0. The lowest BCUT2D eigenvalue weighted by Gasteiger charge is -2.14. The van der Waals surface area contributed by atoms with Gasteiger partial charge >= 0.3 is 5.97 Å².